The zero-order valence-electron chi connectivity index (χ0n) is 22.4. The summed E-state index contributed by atoms with van der Waals surface area (Å²) in [5.74, 6) is -0.935. The van der Waals surface area contributed by atoms with E-state index in [2.05, 4.69) is 15.2 Å². The number of halogens is 2. The number of fused-ring (bicyclic) bond motifs is 1. The predicted molar refractivity (Wildman–Crippen MR) is 138 cm³/mol. The molecular formula is C26H31F2N5O6S. The molecule has 0 spiro atoms. The number of nitrogens with one attached hydrogen (secondary N) is 1. The highest BCUT2D eigenvalue weighted by molar-refractivity contribution is 7.94. The molecule has 2 heterocycles. The Labute approximate surface area is 230 Å². The minimum Gasteiger partial charge on any atom is -0.387 e. The topological polar surface area (TPSA) is 155 Å². The van der Waals surface area contributed by atoms with Gasteiger partial charge in [0.2, 0.25) is 0 Å². The fraction of sp³-hybridized carbons (Fsp3) is 0.538. The second-order valence-corrected chi connectivity index (χ2v) is 13.8. The molecular weight excluding hydrogens is 548 g/mol. The SMILES string of the molecule is Cn1nc(C(=O)NCc2ccc(C#N)cc2)c2c1C(=O)N(CC1(S(=O)(=O)C(C)(C)COC(F)(F)CO)CC1)CC2. The summed E-state index contributed by atoms with van der Waals surface area (Å²) < 4.78 is 56.7. The Kier molecular flexibility index (Phi) is 7.78. The number of nitrogens with zero attached hydrogens (tertiary/aromatic N) is 4. The first kappa shape index (κ1) is 29.6. The monoisotopic (exact) mass is 579 g/mol. The number of hydrogen-bond donors (Lipinski definition) is 2. The van der Waals surface area contributed by atoms with Crippen LogP contribution >= 0.6 is 0 Å². The molecule has 40 heavy (non-hydrogen) atoms. The molecule has 2 aliphatic rings. The van der Waals surface area contributed by atoms with Gasteiger partial charge in [-0.1, -0.05) is 12.1 Å². The summed E-state index contributed by atoms with van der Waals surface area (Å²) in [7, 11) is -2.52. The van der Waals surface area contributed by atoms with Crippen LogP contribution in [0.5, 0.6) is 0 Å². The Morgan fingerprint density at radius 1 is 1.27 bits per heavy atom. The van der Waals surface area contributed by atoms with Crippen molar-refractivity contribution in [1.29, 1.82) is 5.26 Å². The van der Waals surface area contributed by atoms with E-state index in [-0.39, 0.29) is 50.3 Å². The van der Waals surface area contributed by atoms with Gasteiger partial charge >= 0.3 is 6.11 Å². The number of alkyl halides is 2. The van der Waals surface area contributed by atoms with E-state index in [1.165, 1.54) is 30.5 Å². The zero-order chi connectivity index (χ0) is 29.5. The van der Waals surface area contributed by atoms with Crippen LogP contribution in [0.3, 0.4) is 0 Å². The maximum atomic E-state index is 13.5. The number of carbonyl (C=O) groups excluding carboxylic acids is 2. The van der Waals surface area contributed by atoms with Crippen LogP contribution in [-0.4, -0.2) is 81.9 Å². The highest BCUT2D eigenvalue weighted by Crippen LogP contribution is 2.49. The van der Waals surface area contributed by atoms with Crippen molar-refractivity contribution in [3.05, 3.63) is 52.3 Å². The second kappa shape index (κ2) is 10.5. The van der Waals surface area contributed by atoms with E-state index in [0.29, 0.717) is 11.1 Å². The van der Waals surface area contributed by atoms with Gasteiger partial charge in [-0.05, 0) is 50.8 Å². The third kappa shape index (κ3) is 5.45. The van der Waals surface area contributed by atoms with E-state index in [4.69, 9.17) is 10.4 Å². The average molecular weight is 580 g/mol. The number of nitriles is 1. The summed E-state index contributed by atoms with van der Waals surface area (Å²) in [6.07, 6.45) is -3.06. The van der Waals surface area contributed by atoms with Crippen molar-refractivity contribution in [2.75, 3.05) is 26.3 Å². The molecule has 0 bridgehead atoms. The predicted octanol–water partition coefficient (Wildman–Crippen LogP) is 1.55. The van der Waals surface area contributed by atoms with Crippen LogP contribution in [-0.2, 0) is 34.6 Å². The van der Waals surface area contributed by atoms with Gasteiger partial charge in [-0.15, -0.1) is 0 Å². The highest BCUT2D eigenvalue weighted by Gasteiger charge is 2.61. The van der Waals surface area contributed by atoms with Gasteiger partial charge in [0, 0.05) is 32.2 Å². The Bertz CT molecular complexity index is 1460. The number of sulfone groups is 1. The fourth-order valence-corrected chi connectivity index (χ4v) is 7.21. The van der Waals surface area contributed by atoms with Crippen molar-refractivity contribution >= 4 is 21.7 Å². The van der Waals surface area contributed by atoms with Crippen LogP contribution < -0.4 is 5.32 Å². The molecule has 0 saturated heterocycles. The van der Waals surface area contributed by atoms with E-state index in [1.807, 2.05) is 6.07 Å². The summed E-state index contributed by atoms with van der Waals surface area (Å²) >= 11 is 0. The number of ether oxygens (including phenoxy) is 1. The number of aromatic nitrogens is 2. The Morgan fingerprint density at radius 3 is 2.50 bits per heavy atom. The quantitative estimate of drug-likeness (QED) is 0.406. The average Bonchev–Trinajstić information content (AvgIpc) is 3.64. The first-order valence-electron chi connectivity index (χ1n) is 12.7. The highest BCUT2D eigenvalue weighted by atomic mass is 32.2. The largest absolute Gasteiger partial charge is 0.387 e. The summed E-state index contributed by atoms with van der Waals surface area (Å²) in [6, 6.07) is 8.76. The van der Waals surface area contributed by atoms with Gasteiger partial charge in [0.1, 0.15) is 12.3 Å². The number of carbonyl (C=O) groups is 2. The molecule has 1 aromatic heterocycles. The smallest absolute Gasteiger partial charge is 0.378 e. The van der Waals surface area contributed by atoms with E-state index in [0.717, 1.165) is 5.56 Å². The van der Waals surface area contributed by atoms with Crippen molar-refractivity contribution in [2.24, 2.45) is 7.05 Å². The summed E-state index contributed by atoms with van der Waals surface area (Å²) in [4.78, 5) is 27.8. The molecule has 2 aromatic rings. The van der Waals surface area contributed by atoms with E-state index >= 15 is 0 Å². The summed E-state index contributed by atoms with van der Waals surface area (Å²) in [5.41, 5.74) is 2.04. The van der Waals surface area contributed by atoms with E-state index < -0.39 is 50.5 Å². The Morgan fingerprint density at radius 2 is 1.93 bits per heavy atom. The normalized spacial score (nSPS) is 16.8. The molecule has 1 aromatic carbocycles. The third-order valence-electron chi connectivity index (χ3n) is 7.42. The standard InChI is InChI=1S/C26H31F2N5O6S/c1-24(2,16-39-26(27,28)15-34)40(37,38)25(9-10-25)14-33-11-8-19-20(31-32(3)21(19)23(33)36)22(35)30-13-18-6-4-17(12-29)5-7-18/h4-7,34H,8-11,13-16H2,1-3H3,(H,30,35). The second-order valence-electron chi connectivity index (χ2n) is 10.8. The molecule has 2 amide bonds. The molecule has 0 unspecified atom stereocenters. The van der Waals surface area contributed by atoms with Gasteiger partial charge in [-0.25, -0.2) is 8.42 Å². The molecule has 1 aliphatic carbocycles. The lowest BCUT2D eigenvalue weighted by Gasteiger charge is -2.35. The van der Waals surface area contributed by atoms with Crippen LogP contribution in [0.2, 0.25) is 0 Å². The minimum atomic E-state index is -4.05. The van der Waals surface area contributed by atoms with E-state index in [1.54, 1.807) is 24.3 Å². The first-order chi connectivity index (χ1) is 18.7. The molecule has 11 nitrogen and oxygen atoms in total. The summed E-state index contributed by atoms with van der Waals surface area (Å²) in [6.45, 7) is 0.402. The lowest BCUT2D eigenvalue weighted by Crippen LogP contribution is -2.52. The molecule has 216 valence electrons. The zero-order valence-corrected chi connectivity index (χ0v) is 23.2. The number of benzene rings is 1. The maximum Gasteiger partial charge on any atom is 0.378 e. The lowest BCUT2D eigenvalue weighted by molar-refractivity contribution is -0.259. The number of amides is 2. The molecule has 0 radical (unpaired) electrons. The van der Waals surface area contributed by atoms with Crippen molar-refractivity contribution in [3.63, 3.8) is 0 Å². The van der Waals surface area contributed by atoms with Crippen LogP contribution in [0.1, 0.15) is 64.4 Å². The van der Waals surface area contributed by atoms with Crippen molar-refractivity contribution in [1.82, 2.24) is 20.0 Å². The minimum absolute atomic E-state index is 0.107. The van der Waals surface area contributed by atoms with Gasteiger partial charge in [0.05, 0.1) is 27.7 Å². The van der Waals surface area contributed by atoms with Gasteiger partial charge in [-0.2, -0.15) is 19.1 Å². The molecule has 2 N–H and O–H groups in total. The Hall–Kier alpha value is -3.41. The third-order valence-corrected chi connectivity index (χ3v) is 10.7. The molecule has 4 rings (SSSR count). The van der Waals surface area contributed by atoms with Crippen LogP contribution in [0.4, 0.5) is 8.78 Å². The van der Waals surface area contributed by atoms with E-state index in [9.17, 15) is 26.8 Å². The van der Waals surface area contributed by atoms with Crippen LogP contribution in [0.15, 0.2) is 24.3 Å². The van der Waals surface area contributed by atoms with Crippen molar-refractivity contribution in [2.45, 2.75) is 55.3 Å². The van der Waals surface area contributed by atoms with Crippen LogP contribution in [0, 0.1) is 11.3 Å². The number of aliphatic hydroxyl groups is 1. The van der Waals surface area contributed by atoms with Gasteiger partial charge in [0.15, 0.2) is 15.5 Å². The molecule has 1 aliphatic heterocycles. The molecule has 1 fully saturated rings. The van der Waals surface area contributed by atoms with Crippen LogP contribution in [0.25, 0.3) is 0 Å². The van der Waals surface area contributed by atoms with Crippen molar-refractivity contribution < 1.29 is 36.6 Å². The van der Waals surface area contributed by atoms with Gasteiger partial charge in [0.25, 0.3) is 11.8 Å². The lowest BCUT2D eigenvalue weighted by atomic mass is 10.0. The molecule has 0 atom stereocenters. The number of hydrogen-bond acceptors (Lipinski definition) is 8. The Balaban J connectivity index is 1.47. The molecule has 14 heteroatoms. The maximum absolute atomic E-state index is 13.5. The fourth-order valence-electron chi connectivity index (χ4n) is 4.85. The molecule has 1 saturated carbocycles. The summed E-state index contributed by atoms with van der Waals surface area (Å²) in [5, 5.41) is 24.7. The first-order valence-corrected chi connectivity index (χ1v) is 14.1. The number of aliphatic hydroxyl groups excluding tert-OH is 1. The van der Waals surface area contributed by atoms with Gasteiger partial charge < -0.3 is 20.1 Å². The van der Waals surface area contributed by atoms with Crippen molar-refractivity contribution in [3.8, 4) is 6.07 Å². The number of rotatable bonds is 11. The number of aryl methyl sites for hydroxylation is 1. The van der Waals surface area contributed by atoms with Gasteiger partial charge in [-0.3, -0.25) is 14.3 Å².